The topological polar surface area (TPSA) is 127 Å². The zero-order valence-corrected chi connectivity index (χ0v) is 17.1. The number of rotatable bonds is 13. The molecule has 0 aromatic carbocycles. The van der Waals surface area contributed by atoms with Gasteiger partial charge in [-0.3, -0.25) is 19.2 Å². The third-order valence-corrected chi connectivity index (χ3v) is 4.91. The predicted octanol–water partition coefficient (Wildman–Crippen LogP) is 2.10. The van der Waals surface area contributed by atoms with Gasteiger partial charge in [0, 0.05) is 38.5 Å². The van der Waals surface area contributed by atoms with Gasteiger partial charge in [0.1, 0.15) is 0 Å². The molecule has 2 fully saturated rings. The predicted molar refractivity (Wildman–Crippen MR) is 101 cm³/mol. The molecule has 166 valence electrons. The van der Waals surface area contributed by atoms with Crippen LogP contribution < -0.4 is 0 Å². The molecule has 0 aliphatic carbocycles. The molecule has 0 spiro atoms. The lowest BCUT2D eigenvalue weighted by Crippen LogP contribution is -2.31. The van der Waals surface area contributed by atoms with Crippen LogP contribution in [-0.2, 0) is 38.4 Å². The summed E-state index contributed by atoms with van der Waals surface area (Å²) in [5, 5.41) is 1.14. The van der Waals surface area contributed by atoms with Gasteiger partial charge < -0.3 is 9.68 Å². The Morgan fingerprint density at radius 1 is 0.533 bits per heavy atom. The monoisotopic (exact) mass is 424 g/mol. The number of unbranched alkanes of at least 4 members (excludes halogenated alkanes) is 7. The SMILES string of the molecule is O=C(CCCCCCCCCCC(=O)ON1C(=O)CCC1=O)ON1C(=O)CCC1=O. The Morgan fingerprint density at radius 3 is 1.10 bits per heavy atom. The standard InChI is InChI=1S/C20H28N2O8/c23-15-11-12-16(24)21(15)29-19(27)9-7-5-3-1-2-4-6-8-10-20(28)30-22-17(25)13-14-18(22)26/h1-14H2. The molecule has 30 heavy (non-hydrogen) atoms. The Kier molecular flexibility index (Phi) is 9.43. The molecule has 0 aromatic rings. The van der Waals surface area contributed by atoms with Crippen LogP contribution in [-0.4, -0.2) is 45.7 Å². The van der Waals surface area contributed by atoms with Gasteiger partial charge in [0.05, 0.1) is 0 Å². The minimum atomic E-state index is -0.567. The van der Waals surface area contributed by atoms with Crippen LogP contribution in [0.1, 0.15) is 89.9 Å². The molecule has 2 aliphatic heterocycles. The average molecular weight is 424 g/mol. The lowest BCUT2D eigenvalue weighted by atomic mass is 10.1. The summed E-state index contributed by atoms with van der Waals surface area (Å²) in [5.41, 5.74) is 0. The molecule has 2 rings (SSSR count). The van der Waals surface area contributed by atoms with Gasteiger partial charge in [-0.05, 0) is 12.8 Å². The first-order valence-electron chi connectivity index (χ1n) is 10.5. The van der Waals surface area contributed by atoms with Crippen LogP contribution >= 0.6 is 0 Å². The van der Waals surface area contributed by atoms with E-state index in [9.17, 15) is 28.8 Å². The van der Waals surface area contributed by atoms with Crippen LogP contribution in [0.3, 0.4) is 0 Å². The third-order valence-electron chi connectivity index (χ3n) is 4.91. The van der Waals surface area contributed by atoms with E-state index >= 15 is 0 Å². The van der Waals surface area contributed by atoms with Crippen molar-refractivity contribution in [3.05, 3.63) is 0 Å². The van der Waals surface area contributed by atoms with Crippen molar-refractivity contribution < 1.29 is 38.4 Å². The summed E-state index contributed by atoms with van der Waals surface area (Å²) < 4.78 is 0. The van der Waals surface area contributed by atoms with Crippen molar-refractivity contribution in [1.29, 1.82) is 0 Å². The molecule has 0 saturated carbocycles. The van der Waals surface area contributed by atoms with Crippen molar-refractivity contribution in [2.75, 3.05) is 0 Å². The summed E-state index contributed by atoms with van der Waals surface area (Å²) in [6.45, 7) is 0. The van der Waals surface area contributed by atoms with E-state index in [-0.39, 0.29) is 38.5 Å². The fourth-order valence-corrected chi connectivity index (χ4v) is 3.21. The summed E-state index contributed by atoms with van der Waals surface area (Å²) >= 11 is 0. The van der Waals surface area contributed by atoms with E-state index in [0.717, 1.165) is 38.5 Å². The fraction of sp³-hybridized carbons (Fsp3) is 0.700. The number of amides is 4. The minimum Gasteiger partial charge on any atom is -0.330 e. The van der Waals surface area contributed by atoms with Crippen molar-refractivity contribution in [2.24, 2.45) is 0 Å². The maximum absolute atomic E-state index is 11.7. The first kappa shape index (κ1) is 23.5. The van der Waals surface area contributed by atoms with Crippen molar-refractivity contribution >= 4 is 35.6 Å². The van der Waals surface area contributed by atoms with Crippen LogP contribution in [0.15, 0.2) is 0 Å². The van der Waals surface area contributed by atoms with Gasteiger partial charge in [-0.2, -0.15) is 0 Å². The van der Waals surface area contributed by atoms with Gasteiger partial charge in [0.25, 0.3) is 23.6 Å². The van der Waals surface area contributed by atoms with Crippen LogP contribution in [0.25, 0.3) is 0 Å². The van der Waals surface area contributed by atoms with Gasteiger partial charge in [0.2, 0.25) is 0 Å². The number of carbonyl (C=O) groups is 6. The lowest BCUT2D eigenvalue weighted by Gasteiger charge is -2.12. The Morgan fingerprint density at radius 2 is 0.800 bits per heavy atom. The Labute approximate surface area is 174 Å². The van der Waals surface area contributed by atoms with Crippen LogP contribution in [0, 0.1) is 0 Å². The van der Waals surface area contributed by atoms with Gasteiger partial charge in [-0.25, -0.2) is 9.59 Å². The zero-order chi connectivity index (χ0) is 21.9. The number of nitrogens with zero attached hydrogens (tertiary/aromatic N) is 2. The second-order valence-electron chi connectivity index (χ2n) is 7.42. The Bertz CT molecular complexity index is 600. The molecule has 4 amide bonds. The molecule has 0 unspecified atom stereocenters. The molecule has 2 aliphatic rings. The van der Waals surface area contributed by atoms with E-state index in [4.69, 9.17) is 9.68 Å². The normalized spacial score (nSPS) is 16.5. The quantitative estimate of drug-likeness (QED) is 0.325. The summed E-state index contributed by atoms with van der Waals surface area (Å²) in [6, 6.07) is 0. The highest BCUT2D eigenvalue weighted by Crippen LogP contribution is 2.16. The molecule has 2 heterocycles. The first-order valence-corrected chi connectivity index (χ1v) is 10.5. The molecule has 10 heteroatoms. The molecule has 0 aromatic heterocycles. The van der Waals surface area contributed by atoms with Gasteiger partial charge in [-0.1, -0.05) is 38.5 Å². The van der Waals surface area contributed by atoms with E-state index in [1.807, 2.05) is 0 Å². The minimum absolute atomic E-state index is 0.0884. The van der Waals surface area contributed by atoms with Crippen LogP contribution in [0.5, 0.6) is 0 Å². The molecule has 0 radical (unpaired) electrons. The summed E-state index contributed by atoms with van der Waals surface area (Å²) in [4.78, 5) is 78.3. The van der Waals surface area contributed by atoms with Crippen molar-refractivity contribution in [3.8, 4) is 0 Å². The van der Waals surface area contributed by atoms with E-state index in [0.29, 0.717) is 23.0 Å². The van der Waals surface area contributed by atoms with E-state index in [1.165, 1.54) is 0 Å². The van der Waals surface area contributed by atoms with Crippen molar-refractivity contribution in [3.63, 3.8) is 0 Å². The Hall–Kier alpha value is -2.78. The molecular weight excluding hydrogens is 396 g/mol. The third kappa shape index (κ3) is 7.57. The zero-order valence-electron chi connectivity index (χ0n) is 17.1. The number of hydroxylamine groups is 4. The molecule has 0 bridgehead atoms. The van der Waals surface area contributed by atoms with Crippen molar-refractivity contribution in [2.45, 2.75) is 89.9 Å². The van der Waals surface area contributed by atoms with Crippen LogP contribution in [0.4, 0.5) is 0 Å². The first-order chi connectivity index (χ1) is 14.4. The maximum Gasteiger partial charge on any atom is 0.333 e. The number of hydrogen-bond acceptors (Lipinski definition) is 8. The van der Waals surface area contributed by atoms with Gasteiger partial charge in [-0.15, -0.1) is 10.1 Å². The highest BCUT2D eigenvalue weighted by Gasteiger charge is 2.33. The average Bonchev–Trinajstić information content (AvgIpc) is 3.19. The van der Waals surface area contributed by atoms with E-state index < -0.39 is 35.6 Å². The number of imide groups is 2. The smallest absolute Gasteiger partial charge is 0.330 e. The van der Waals surface area contributed by atoms with Crippen molar-refractivity contribution in [1.82, 2.24) is 10.1 Å². The lowest BCUT2D eigenvalue weighted by molar-refractivity contribution is -0.197. The van der Waals surface area contributed by atoms with E-state index in [1.54, 1.807) is 0 Å². The molecule has 2 saturated heterocycles. The van der Waals surface area contributed by atoms with E-state index in [2.05, 4.69) is 0 Å². The molecule has 10 nitrogen and oxygen atoms in total. The highest BCUT2D eigenvalue weighted by atomic mass is 16.7. The summed E-state index contributed by atoms with van der Waals surface area (Å²) in [6.07, 6.45) is 7.56. The largest absolute Gasteiger partial charge is 0.333 e. The highest BCUT2D eigenvalue weighted by molar-refractivity contribution is 6.02. The summed E-state index contributed by atoms with van der Waals surface area (Å²) in [5.74, 6) is -3.02. The molecule has 0 N–H and O–H groups in total. The molecule has 0 atom stereocenters. The van der Waals surface area contributed by atoms with Gasteiger partial charge >= 0.3 is 11.9 Å². The second-order valence-corrected chi connectivity index (χ2v) is 7.42. The maximum atomic E-state index is 11.7. The number of hydrogen-bond donors (Lipinski definition) is 0. The number of carbonyl (C=O) groups excluding carboxylic acids is 6. The second kappa shape index (κ2) is 12.0. The fourth-order valence-electron chi connectivity index (χ4n) is 3.21. The van der Waals surface area contributed by atoms with Gasteiger partial charge in [0.15, 0.2) is 0 Å². The summed E-state index contributed by atoms with van der Waals surface area (Å²) in [7, 11) is 0. The molecular formula is C20H28N2O8. The Balaban J connectivity index is 1.39. The van der Waals surface area contributed by atoms with Crippen LogP contribution in [0.2, 0.25) is 0 Å².